The SMILES string of the molecule is CN(CCCCCCCCC(F)(F)C(F)(F)C(F)(F)F)CCCCCC1Cc2cc(O)ccc2C2C(F)CC3(C)C(CCC3(C)O)C12. The van der Waals surface area contributed by atoms with Gasteiger partial charge in [-0.15, -0.1) is 0 Å². The monoisotopic (exact) mass is 683 g/mol. The molecule has 7 atom stereocenters. The number of aromatic hydroxyl groups is 1. The zero-order valence-corrected chi connectivity index (χ0v) is 28.0. The summed E-state index contributed by atoms with van der Waals surface area (Å²) in [5.41, 5.74) is 0.744. The van der Waals surface area contributed by atoms with Gasteiger partial charge < -0.3 is 15.1 Å². The number of halogens is 8. The Hall–Kier alpha value is -1.62. The van der Waals surface area contributed by atoms with Crippen LogP contribution in [0.15, 0.2) is 18.2 Å². The summed E-state index contributed by atoms with van der Waals surface area (Å²) >= 11 is 0. The van der Waals surface area contributed by atoms with Crippen molar-refractivity contribution in [3.05, 3.63) is 29.3 Å². The first-order valence-electron chi connectivity index (χ1n) is 17.5. The Bertz CT molecular complexity index is 1170. The van der Waals surface area contributed by atoms with Crippen molar-refractivity contribution in [1.82, 2.24) is 4.90 Å². The number of rotatable bonds is 16. The maximum absolute atomic E-state index is 16.1. The second-order valence-electron chi connectivity index (χ2n) is 15.3. The number of hydrogen-bond donors (Lipinski definition) is 2. The molecule has 0 aromatic heterocycles. The first-order valence-corrected chi connectivity index (χ1v) is 17.5. The van der Waals surface area contributed by atoms with Gasteiger partial charge in [0.2, 0.25) is 0 Å². The normalized spacial score (nSPS) is 31.1. The number of alkyl halides is 8. The van der Waals surface area contributed by atoms with Crippen LogP contribution >= 0.6 is 0 Å². The van der Waals surface area contributed by atoms with Gasteiger partial charge in [-0.2, -0.15) is 30.7 Å². The summed E-state index contributed by atoms with van der Waals surface area (Å²) in [7, 11) is 2.04. The molecule has 0 bridgehead atoms. The molecule has 0 amide bonds. The Morgan fingerprint density at radius 3 is 2.11 bits per heavy atom. The van der Waals surface area contributed by atoms with Crippen molar-refractivity contribution in [3.8, 4) is 5.75 Å². The molecule has 47 heavy (non-hydrogen) atoms. The number of nitrogens with zero attached hydrogens (tertiary/aromatic N) is 1. The van der Waals surface area contributed by atoms with Crippen molar-refractivity contribution < 1.29 is 45.3 Å². The minimum Gasteiger partial charge on any atom is -0.508 e. The van der Waals surface area contributed by atoms with Gasteiger partial charge >= 0.3 is 18.0 Å². The van der Waals surface area contributed by atoms with E-state index in [0.717, 1.165) is 75.6 Å². The van der Waals surface area contributed by atoms with Gasteiger partial charge in [0.1, 0.15) is 11.9 Å². The topological polar surface area (TPSA) is 43.7 Å². The molecule has 2 N–H and O–H groups in total. The van der Waals surface area contributed by atoms with Gasteiger partial charge in [0, 0.05) is 17.8 Å². The van der Waals surface area contributed by atoms with Crippen molar-refractivity contribution in [2.75, 3.05) is 20.1 Å². The second-order valence-corrected chi connectivity index (χ2v) is 15.3. The van der Waals surface area contributed by atoms with Crippen LogP contribution in [-0.4, -0.2) is 65.0 Å². The lowest BCUT2D eigenvalue weighted by atomic mass is 9.50. The van der Waals surface area contributed by atoms with Crippen molar-refractivity contribution in [1.29, 1.82) is 0 Å². The van der Waals surface area contributed by atoms with Crippen molar-refractivity contribution in [2.45, 2.75) is 146 Å². The summed E-state index contributed by atoms with van der Waals surface area (Å²) in [6.07, 6.45) is 0.713. The van der Waals surface area contributed by atoms with E-state index in [-0.39, 0.29) is 42.3 Å². The molecule has 2 saturated carbocycles. The van der Waals surface area contributed by atoms with E-state index in [2.05, 4.69) is 11.8 Å². The molecule has 0 spiro atoms. The molecule has 11 heteroatoms. The van der Waals surface area contributed by atoms with Crippen LogP contribution in [0.25, 0.3) is 0 Å². The predicted molar refractivity (Wildman–Crippen MR) is 167 cm³/mol. The summed E-state index contributed by atoms with van der Waals surface area (Å²) in [4.78, 5) is 2.23. The van der Waals surface area contributed by atoms with Crippen LogP contribution in [0.3, 0.4) is 0 Å². The molecule has 7 unspecified atom stereocenters. The van der Waals surface area contributed by atoms with E-state index < -0.39 is 41.6 Å². The van der Waals surface area contributed by atoms with Crippen LogP contribution in [0.1, 0.15) is 121 Å². The molecule has 3 aliphatic carbocycles. The molecular weight excluding hydrogens is 630 g/mol. The largest absolute Gasteiger partial charge is 0.508 e. The number of unbranched alkanes of at least 4 members (excludes halogenated alkanes) is 7. The van der Waals surface area contributed by atoms with Gasteiger partial charge in [0.15, 0.2) is 0 Å². The Labute approximate surface area is 274 Å². The Morgan fingerprint density at radius 2 is 1.47 bits per heavy atom. The van der Waals surface area contributed by atoms with E-state index in [1.165, 1.54) is 0 Å². The third-order valence-electron chi connectivity index (χ3n) is 12.1. The quantitative estimate of drug-likeness (QED) is 0.135. The zero-order valence-electron chi connectivity index (χ0n) is 28.0. The van der Waals surface area contributed by atoms with Crippen molar-refractivity contribution in [2.24, 2.45) is 23.2 Å². The number of fused-ring (bicyclic) bond motifs is 5. The molecule has 3 nitrogen and oxygen atoms in total. The molecule has 4 rings (SSSR count). The highest BCUT2D eigenvalue weighted by Crippen LogP contribution is 2.66. The number of phenols is 1. The molecule has 0 heterocycles. The van der Waals surface area contributed by atoms with Crippen LogP contribution in [0, 0.1) is 23.2 Å². The molecular formula is C36H53F8NO2. The molecule has 270 valence electrons. The van der Waals surface area contributed by atoms with Gasteiger partial charge in [0.25, 0.3) is 0 Å². The summed E-state index contributed by atoms with van der Waals surface area (Å²) in [5.74, 6) is -10.4. The Kier molecular flexibility index (Phi) is 11.9. The van der Waals surface area contributed by atoms with Crippen LogP contribution in [0.4, 0.5) is 35.1 Å². The Morgan fingerprint density at radius 1 is 0.872 bits per heavy atom. The third kappa shape index (κ3) is 8.07. The standard InChI is InChI=1S/C36H53F8NO2/c1-32-23-29(37)31-27-15-14-26(46)22-25(27)21-24(30(31)28(32)16-18-33(32,2)47)13-9-8-12-20-45(3)19-11-7-5-4-6-10-17-34(38,39)35(40,41)36(42,43)44/h14-15,22,24,28-31,46-47H,4-13,16-21,23H2,1-3H3. The fourth-order valence-electron chi connectivity index (χ4n) is 9.16. The third-order valence-corrected chi connectivity index (χ3v) is 12.1. The van der Waals surface area contributed by atoms with Crippen LogP contribution in [-0.2, 0) is 6.42 Å². The van der Waals surface area contributed by atoms with Gasteiger partial charge in [-0.25, -0.2) is 4.39 Å². The van der Waals surface area contributed by atoms with E-state index in [4.69, 9.17) is 0 Å². The maximum atomic E-state index is 16.1. The van der Waals surface area contributed by atoms with E-state index in [0.29, 0.717) is 25.7 Å². The number of aliphatic hydroxyl groups is 1. The van der Waals surface area contributed by atoms with Crippen molar-refractivity contribution in [3.63, 3.8) is 0 Å². The van der Waals surface area contributed by atoms with Gasteiger partial charge in [0.05, 0.1) is 5.60 Å². The zero-order chi connectivity index (χ0) is 34.8. The highest BCUT2D eigenvalue weighted by molar-refractivity contribution is 5.41. The van der Waals surface area contributed by atoms with Crippen LogP contribution in [0.2, 0.25) is 0 Å². The lowest BCUT2D eigenvalue weighted by molar-refractivity contribution is -0.355. The van der Waals surface area contributed by atoms with Gasteiger partial charge in [-0.1, -0.05) is 51.5 Å². The van der Waals surface area contributed by atoms with E-state index >= 15 is 4.39 Å². The second kappa shape index (κ2) is 14.7. The van der Waals surface area contributed by atoms with Crippen LogP contribution in [0.5, 0.6) is 5.75 Å². The van der Waals surface area contributed by atoms with Gasteiger partial charge in [-0.3, -0.25) is 0 Å². The highest BCUT2D eigenvalue weighted by Gasteiger charge is 2.72. The smallest absolute Gasteiger partial charge is 0.459 e. The first-order chi connectivity index (χ1) is 21.8. The minimum absolute atomic E-state index is 0.162. The molecule has 3 aliphatic rings. The molecule has 0 saturated heterocycles. The lowest BCUT2D eigenvalue weighted by Crippen LogP contribution is -2.54. The lowest BCUT2D eigenvalue weighted by Gasteiger charge is -2.56. The fourth-order valence-corrected chi connectivity index (χ4v) is 9.16. The molecule has 1 aromatic rings. The van der Waals surface area contributed by atoms with Gasteiger partial charge in [-0.05, 0) is 119 Å². The number of phenolic OH excluding ortho intramolecular Hbond substituents is 1. The number of benzene rings is 1. The van der Waals surface area contributed by atoms with Crippen molar-refractivity contribution >= 4 is 0 Å². The van der Waals surface area contributed by atoms with Crippen LogP contribution < -0.4 is 0 Å². The number of hydrogen-bond acceptors (Lipinski definition) is 3. The highest BCUT2D eigenvalue weighted by atomic mass is 19.4. The average Bonchev–Trinajstić information content (AvgIpc) is 3.20. The van der Waals surface area contributed by atoms with E-state index in [1.54, 1.807) is 12.1 Å². The van der Waals surface area contributed by atoms with E-state index in [1.807, 2.05) is 20.0 Å². The molecule has 0 radical (unpaired) electrons. The minimum atomic E-state index is -6.27. The average molecular weight is 684 g/mol. The molecule has 1 aromatic carbocycles. The summed E-state index contributed by atoms with van der Waals surface area (Å²) < 4.78 is 106. The molecule has 0 aliphatic heterocycles. The predicted octanol–water partition coefficient (Wildman–Crippen LogP) is 10.2. The maximum Gasteiger partial charge on any atom is 0.459 e. The Balaban J connectivity index is 1.16. The first kappa shape index (κ1) is 38.2. The summed E-state index contributed by atoms with van der Waals surface area (Å²) in [6, 6.07) is 5.38. The summed E-state index contributed by atoms with van der Waals surface area (Å²) in [5, 5.41) is 21.5. The van der Waals surface area contributed by atoms with E-state index in [9.17, 15) is 40.9 Å². The summed E-state index contributed by atoms with van der Waals surface area (Å²) in [6.45, 7) is 5.72. The fraction of sp³-hybridized carbons (Fsp3) is 0.833. The molecule has 2 fully saturated rings.